The van der Waals surface area contributed by atoms with Crippen molar-refractivity contribution in [2.24, 2.45) is 5.73 Å². The highest BCUT2D eigenvalue weighted by atomic mass is 15.1. The summed E-state index contributed by atoms with van der Waals surface area (Å²) in [5.41, 5.74) is 13.5. The van der Waals surface area contributed by atoms with Crippen molar-refractivity contribution in [3.05, 3.63) is 84.4 Å². The molecule has 6 aromatic rings. The molecule has 2 N–H and O–H groups in total. The summed E-state index contributed by atoms with van der Waals surface area (Å²) in [7, 11) is 0. The lowest BCUT2D eigenvalue weighted by Crippen LogP contribution is -2.26. The third kappa shape index (κ3) is 7.61. The lowest BCUT2D eigenvalue weighted by molar-refractivity contribution is 0.246. The highest BCUT2D eigenvalue weighted by molar-refractivity contribution is 6.09. The Labute approximate surface area is 287 Å². The summed E-state index contributed by atoms with van der Waals surface area (Å²) in [4.78, 5) is 12.8. The molecular formula is C42H56N6. The first-order chi connectivity index (χ1) is 23.7. The SMILES string of the molecule is CCCCCCn1c2ccccc2c2ccnc(CN(CCCCCCN)Cc3nccc4c5ccccc5n(CCCCCC)c34)c21. The van der Waals surface area contributed by atoms with E-state index < -0.39 is 0 Å². The van der Waals surface area contributed by atoms with Crippen molar-refractivity contribution in [1.29, 1.82) is 0 Å². The Morgan fingerprint density at radius 3 is 1.52 bits per heavy atom. The molecule has 6 rings (SSSR count). The molecule has 0 amide bonds. The van der Waals surface area contributed by atoms with Gasteiger partial charge in [-0.25, -0.2) is 0 Å². The lowest BCUT2D eigenvalue weighted by Gasteiger charge is -2.23. The van der Waals surface area contributed by atoms with Gasteiger partial charge in [-0.05, 0) is 63.0 Å². The van der Waals surface area contributed by atoms with Crippen LogP contribution in [0.15, 0.2) is 73.1 Å². The summed E-state index contributed by atoms with van der Waals surface area (Å²) in [5.74, 6) is 0. The second kappa shape index (κ2) is 17.1. The van der Waals surface area contributed by atoms with Crippen LogP contribution in [0.25, 0.3) is 43.6 Å². The fourth-order valence-electron chi connectivity index (χ4n) is 7.71. The Morgan fingerprint density at radius 1 is 0.542 bits per heavy atom. The third-order valence-electron chi connectivity index (χ3n) is 10.2. The van der Waals surface area contributed by atoms with Crippen LogP contribution < -0.4 is 5.73 Å². The maximum Gasteiger partial charge on any atom is 0.0786 e. The van der Waals surface area contributed by atoms with E-state index in [1.165, 1.54) is 119 Å². The van der Waals surface area contributed by atoms with Gasteiger partial charge in [-0.15, -0.1) is 0 Å². The molecule has 0 saturated carbocycles. The van der Waals surface area contributed by atoms with Gasteiger partial charge in [0.25, 0.3) is 0 Å². The van der Waals surface area contributed by atoms with Gasteiger partial charge in [0, 0.05) is 71.2 Å². The molecule has 0 unspecified atom stereocenters. The molecule has 0 aliphatic heterocycles. The molecule has 0 bridgehead atoms. The summed E-state index contributed by atoms with van der Waals surface area (Å²) in [6.45, 7) is 10.0. The van der Waals surface area contributed by atoms with Gasteiger partial charge in [0.05, 0.1) is 22.4 Å². The molecule has 2 aromatic carbocycles. The molecule has 0 spiro atoms. The van der Waals surface area contributed by atoms with Crippen molar-refractivity contribution in [1.82, 2.24) is 24.0 Å². The van der Waals surface area contributed by atoms with Gasteiger partial charge in [0.2, 0.25) is 0 Å². The molecule has 4 heterocycles. The number of pyridine rings is 2. The largest absolute Gasteiger partial charge is 0.339 e. The summed E-state index contributed by atoms with van der Waals surface area (Å²) >= 11 is 0. The van der Waals surface area contributed by atoms with Crippen LogP contribution in [0, 0.1) is 0 Å². The predicted octanol–water partition coefficient (Wildman–Crippen LogP) is 10.4. The molecule has 0 aliphatic rings. The Hall–Kier alpha value is -3.74. The van der Waals surface area contributed by atoms with E-state index in [2.05, 4.69) is 88.5 Å². The number of nitrogens with two attached hydrogens (primary N) is 1. The molecule has 0 fully saturated rings. The molecule has 6 heteroatoms. The van der Waals surface area contributed by atoms with E-state index in [-0.39, 0.29) is 0 Å². The quantitative estimate of drug-likeness (QED) is 0.0840. The van der Waals surface area contributed by atoms with Crippen LogP contribution in [0.1, 0.15) is 102 Å². The molecule has 0 atom stereocenters. The standard InChI is InChI=1S/C42H56N6/c1-3-5-7-17-29-47-39-21-13-11-19-33(39)35-23-26-44-37(41(35)47)31-46(28-16-10-9-15-25-43)32-38-42-36(24-27-45-38)34-20-12-14-22-40(34)48(42)30-18-8-6-4-2/h11-14,19-24,26-27H,3-10,15-18,25,28-32,43H2,1-2H3. The molecular weight excluding hydrogens is 589 g/mol. The van der Waals surface area contributed by atoms with Crippen molar-refractivity contribution < 1.29 is 0 Å². The number of benzene rings is 2. The number of para-hydroxylation sites is 2. The van der Waals surface area contributed by atoms with E-state index in [0.717, 1.165) is 52.1 Å². The monoisotopic (exact) mass is 644 g/mol. The Balaban J connectivity index is 1.38. The number of hydrogen-bond donors (Lipinski definition) is 1. The topological polar surface area (TPSA) is 64.9 Å². The summed E-state index contributed by atoms with van der Waals surface area (Å²) in [6.07, 6.45) is 18.6. The molecule has 0 saturated heterocycles. The van der Waals surface area contributed by atoms with E-state index in [1.807, 2.05) is 12.4 Å². The van der Waals surface area contributed by atoms with Gasteiger partial charge in [-0.3, -0.25) is 14.9 Å². The number of aryl methyl sites for hydroxylation is 2. The maximum absolute atomic E-state index is 5.84. The van der Waals surface area contributed by atoms with Crippen LogP contribution in [-0.4, -0.2) is 37.1 Å². The Kier molecular flexibility index (Phi) is 12.1. The van der Waals surface area contributed by atoms with Crippen molar-refractivity contribution in [3.63, 3.8) is 0 Å². The predicted molar refractivity (Wildman–Crippen MR) is 204 cm³/mol. The minimum Gasteiger partial charge on any atom is -0.339 e. The summed E-state index contributed by atoms with van der Waals surface area (Å²) in [6, 6.07) is 22.3. The van der Waals surface area contributed by atoms with Crippen molar-refractivity contribution in [2.75, 3.05) is 13.1 Å². The van der Waals surface area contributed by atoms with Crippen molar-refractivity contribution in [2.45, 2.75) is 117 Å². The number of hydrogen-bond acceptors (Lipinski definition) is 4. The van der Waals surface area contributed by atoms with Crippen LogP contribution in [0.4, 0.5) is 0 Å². The smallest absolute Gasteiger partial charge is 0.0786 e. The Bertz CT molecular complexity index is 1770. The van der Waals surface area contributed by atoms with Gasteiger partial charge in [-0.2, -0.15) is 0 Å². The van der Waals surface area contributed by atoms with Gasteiger partial charge < -0.3 is 14.9 Å². The lowest BCUT2D eigenvalue weighted by atomic mass is 10.1. The maximum atomic E-state index is 5.84. The normalized spacial score (nSPS) is 12.1. The van der Waals surface area contributed by atoms with Gasteiger partial charge in [-0.1, -0.05) is 102 Å². The summed E-state index contributed by atoms with van der Waals surface area (Å²) < 4.78 is 5.13. The number of nitrogens with zero attached hydrogens (tertiary/aromatic N) is 5. The van der Waals surface area contributed by atoms with Crippen LogP contribution in [0.5, 0.6) is 0 Å². The van der Waals surface area contributed by atoms with E-state index in [4.69, 9.17) is 15.7 Å². The van der Waals surface area contributed by atoms with Gasteiger partial charge in [0.1, 0.15) is 0 Å². The van der Waals surface area contributed by atoms with Crippen molar-refractivity contribution in [3.8, 4) is 0 Å². The zero-order valence-corrected chi connectivity index (χ0v) is 29.5. The number of rotatable bonds is 20. The second-order valence-electron chi connectivity index (χ2n) is 13.7. The minimum absolute atomic E-state index is 0.771. The molecule has 4 aromatic heterocycles. The van der Waals surface area contributed by atoms with E-state index in [0.29, 0.717) is 0 Å². The highest BCUT2D eigenvalue weighted by Gasteiger charge is 2.20. The molecule has 0 aliphatic carbocycles. The first-order valence-corrected chi connectivity index (χ1v) is 18.9. The first-order valence-electron chi connectivity index (χ1n) is 18.9. The molecule has 6 nitrogen and oxygen atoms in total. The fourth-order valence-corrected chi connectivity index (χ4v) is 7.71. The highest BCUT2D eigenvalue weighted by Crippen LogP contribution is 2.34. The molecule has 0 radical (unpaired) electrons. The van der Waals surface area contributed by atoms with Crippen LogP contribution in [-0.2, 0) is 26.2 Å². The number of unbranched alkanes of at least 4 members (excludes halogenated alkanes) is 9. The second-order valence-corrected chi connectivity index (χ2v) is 13.7. The van der Waals surface area contributed by atoms with Crippen LogP contribution in [0.3, 0.4) is 0 Å². The average Bonchev–Trinajstić information content (AvgIpc) is 3.62. The Morgan fingerprint density at radius 2 is 1.02 bits per heavy atom. The zero-order chi connectivity index (χ0) is 33.1. The zero-order valence-electron chi connectivity index (χ0n) is 29.5. The molecule has 254 valence electrons. The van der Waals surface area contributed by atoms with E-state index in [9.17, 15) is 0 Å². The van der Waals surface area contributed by atoms with Crippen molar-refractivity contribution >= 4 is 43.6 Å². The van der Waals surface area contributed by atoms with Gasteiger partial charge >= 0.3 is 0 Å². The van der Waals surface area contributed by atoms with Gasteiger partial charge in [0.15, 0.2) is 0 Å². The number of fused-ring (bicyclic) bond motifs is 6. The minimum atomic E-state index is 0.771. The van der Waals surface area contributed by atoms with Crippen LogP contribution in [0.2, 0.25) is 0 Å². The fraction of sp³-hybridized carbons (Fsp3) is 0.476. The van der Waals surface area contributed by atoms with Crippen LogP contribution >= 0.6 is 0 Å². The first kappa shape index (κ1) is 34.1. The summed E-state index contributed by atoms with van der Waals surface area (Å²) in [5, 5.41) is 5.31. The third-order valence-corrected chi connectivity index (χ3v) is 10.2. The van der Waals surface area contributed by atoms with E-state index >= 15 is 0 Å². The average molecular weight is 645 g/mol. The van der Waals surface area contributed by atoms with E-state index in [1.54, 1.807) is 0 Å². The molecule has 48 heavy (non-hydrogen) atoms. The number of aromatic nitrogens is 4.